The molecule has 32 heavy (non-hydrogen) atoms. The van der Waals surface area contributed by atoms with Crippen molar-refractivity contribution in [3.63, 3.8) is 0 Å². The van der Waals surface area contributed by atoms with Gasteiger partial charge in [0.05, 0.1) is 25.7 Å². The minimum atomic E-state index is -3.15. The third-order valence-electron chi connectivity index (χ3n) is 5.72. The summed E-state index contributed by atoms with van der Waals surface area (Å²) in [6, 6.07) is 9.06. The molecular weight excluding hydrogens is 430 g/mol. The topological polar surface area (TPSA) is 82.1 Å². The minimum absolute atomic E-state index is 0.0331. The molecule has 174 valence electrons. The molecule has 1 aliphatic heterocycles. The molecule has 1 fully saturated rings. The quantitative estimate of drug-likeness (QED) is 0.600. The fourth-order valence-electron chi connectivity index (χ4n) is 4.23. The summed E-state index contributed by atoms with van der Waals surface area (Å²) in [5, 5.41) is 0. The lowest BCUT2D eigenvalue weighted by atomic mass is 10.1. The second-order valence-corrected chi connectivity index (χ2v) is 10.5. The van der Waals surface area contributed by atoms with E-state index in [9.17, 15) is 13.2 Å². The fourth-order valence-corrected chi connectivity index (χ4v) is 5.96. The monoisotopic (exact) mass is 461 g/mol. The first kappa shape index (κ1) is 23.9. The van der Waals surface area contributed by atoms with E-state index in [-0.39, 0.29) is 36.6 Å². The zero-order valence-corrected chi connectivity index (χ0v) is 20.1. The van der Waals surface area contributed by atoms with Crippen molar-refractivity contribution in [2.24, 2.45) is 0 Å². The summed E-state index contributed by atoms with van der Waals surface area (Å²) in [6.07, 6.45) is 0.421. The molecule has 2 aromatic rings. The molecule has 1 saturated heterocycles. The normalized spacial score (nSPS) is 17.1. The smallest absolute Gasteiger partial charge is 0.261 e. The van der Waals surface area contributed by atoms with E-state index < -0.39 is 9.84 Å². The second-order valence-electron chi connectivity index (χ2n) is 8.28. The number of ether oxygens (including phenoxy) is 3. The molecule has 8 heteroatoms. The number of methoxy groups -OCH3 is 2. The van der Waals surface area contributed by atoms with Crippen LogP contribution in [0.4, 0.5) is 0 Å². The van der Waals surface area contributed by atoms with E-state index in [0.717, 1.165) is 22.3 Å². The number of aryl methyl sites for hydroxylation is 3. The Kier molecular flexibility index (Phi) is 7.33. The van der Waals surface area contributed by atoms with Crippen LogP contribution in [0.5, 0.6) is 17.2 Å². The summed E-state index contributed by atoms with van der Waals surface area (Å²) in [5.41, 5.74) is 3.88. The molecule has 0 radical (unpaired) electrons. The lowest BCUT2D eigenvalue weighted by molar-refractivity contribution is -0.136. The molecule has 1 aliphatic rings. The molecule has 3 rings (SSSR count). The highest BCUT2D eigenvalue weighted by Crippen LogP contribution is 2.30. The number of hydrogen-bond donors (Lipinski definition) is 0. The van der Waals surface area contributed by atoms with E-state index in [1.165, 1.54) is 0 Å². The highest BCUT2D eigenvalue weighted by molar-refractivity contribution is 7.91. The maximum Gasteiger partial charge on any atom is 0.261 e. The Balaban J connectivity index is 1.82. The maximum absolute atomic E-state index is 13.2. The van der Waals surface area contributed by atoms with Crippen molar-refractivity contribution in [3.05, 3.63) is 52.6 Å². The summed E-state index contributed by atoms with van der Waals surface area (Å²) in [4.78, 5) is 14.9. The predicted octanol–water partition coefficient (Wildman–Crippen LogP) is 3.22. The Morgan fingerprint density at radius 1 is 1.03 bits per heavy atom. The molecular formula is C24H31NO6S. The van der Waals surface area contributed by atoms with Gasteiger partial charge in [0.15, 0.2) is 27.9 Å². The van der Waals surface area contributed by atoms with Gasteiger partial charge >= 0.3 is 0 Å². The summed E-state index contributed by atoms with van der Waals surface area (Å²) >= 11 is 0. The van der Waals surface area contributed by atoms with Gasteiger partial charge in [0.25, 0.3) is 5.91 Å². The summed E-state index contributed by atoms with van der Waals surface area (Å²) in [7, 11) is -0.0460. The highest BCUT2D eigenvalue weighted by Gasteiger charge is 2.35. The van der Waals surface area contributed by atoms with Gasteiger partial charge in [-0.2, -0.15) is 0 Å². The van der Waals surface area contributed by atoms with Crippen LogP contribution >= 0.6 is 0 Å². The molecule has 0 spiro atoms. The van der Waals surface area contributed by atoms with Crippen LogP contribution in [0.2, 0.25) is 0 Å². The third-order valence-corrected chi connectivity index (χ3v) is 7.47. The van der Waals surface area contributed by atoms with E-state index >= 15 is 0 Å². The first-order valence-corrected chi connectivity index (χ1v) is 12.4. The first-order valence-electron chi connectivity index (χ1n) is 10.5. The van der Waals surface area contributed by atoms with Gasteiger partial charge in [-0.15, -0.1) is 0 Å². The molecule has 1 heterocycles. The molecule has 0 aromatic heterocycles. The number of carbonyl (C=O) groups excluding carboxylic acids is 1. The molecule has 0 aliphatic carbocycles. The zero-order valence-electron chi connectivity index (χ0n) is 19.3. The van der Waals surface area contributed by atoms with Crippen LogP contribution < -0.4 is 14.2 Å². The van der Waals surface area contributed by atoms with Crippen molar-refractivity contribution < 1.29 is 27.4 Å². The fraction of sp³-hybridized carbons (Fsp3) is 0.458. The first-order chi connectivity index (χ1) is 15.1. The molecule has 0 N–H and O–H groups in total. The number of sulfone groups is 1. The largest absolute Gasteiger partial charge is 0.493 e. The maximum atomic E-state index is 13.2. The Hall–Kier alpha value is -2.74. The molecule has 7 nitrogen and oxygen atoms in total. The molecule has 0 unspecified atom stereocenters. The Labute approximate surface area is 190 Å². The van der Waals surface area contributed by atoms with Gasteiger partial charge in [-0.3, -0.25) is 4.79 Å². The predicted molar refractivity (Wildman–Crippen MR) is 123 cm³/mol. The zero-order chi connectivity index (χ0) is 23.5. The van der Waals surface area contributed by atoms with Crippen LogP contribution in [0.1, 0.15) is 28.7 Å². The van der Waals surface area contributed by atoms with Gasteiger partial charge in [-0.1, -0.05) is 23.8 Å². The number of hydrogen-bond acceptors (Lipinski definition) is 6. The van der Waals surface area contributed by atoms with Crippen molar-refractivity contribution in [1.29, 1.82) is 0 Å². The van der Waals surface area contributed by atoms with Crippen molar-refractivity contribution in [1.82, 2.24) is 4.90 Å². The van der Waals surface area contributed by atoms with Crippen LogP contribution in [-0.2, 0) is 21.2 Å². The average Bonchev–Trinajstić information content (AvgIpc) is 3.10. The Morgan fingerprint density at radius 2 is 1.69 bits per heavy atom. The van der Waals surface area contributed by atoms with Crippen LogP contribution in [0.3, 0.4) is 0 Å². The standard InChI is InChI=1S/C24H31NO6S/c1-16-10-17(2)24(18(3)11-16)31-14-23(26)25(20-8-9-32(27,28)15-20)13-19-6-7-21(29-4)22(12-19)30-5/h6-7,10-12,20H,8-9,13-15H2,1-5H3/t20-/m0/s1. The molecule has 2 aromatic carbocycles. The van der Waals surface area contributed by atoms with Crippen molar-refractivity contribution in [2.45, 2.75) is 39.8 Å². The number of carbonyl (C=O) groups is 1. The van der Waals surface area contributed by atoms with E-state index in [1.807, 2.05) is 39.0 Å². The van der Waals surface area contributed by atoms with E-state index in [1.54, 1.807) is 31.3 Å². The van der Waals surface area contributed by atoms with Crippen molar-refractivity contribution in [3.8, 4) is 17.2 Å². The van der Waals surface area contributed by atoms with Crippen LogP contribution in [0.15, 0.2) is 30.3 Å². The lowest BCUT2D eigenvalue weighted by Crippen LogP contribution is -2.43. The summed E-state index contributed by atoms with van der Waals surface area (Å²) in [6.45, 7) is 6.01. The average molecular weight is 462 g/mol. The van der Waals surface area contributed by atoms with E-state index in [2.05, 4.69) is 0 Å². The SMILES string of the molecule is COc1ccc(CN(C(=O)COc2c(C)cc(C)cc2C)[C@H]2CCS(=O)(=O)C2)cc1OC. The Bertz CT molecular complexity index is 1070. The Morgan fingerprint density at radius 3 is 2.25 bits per heavy atom. The summed E-state index contributed by atoms with van der Waals surface area (Å²) in [5.74, 6) is 1.64. The third kappa shape index (κ3) is 5.54. The van der Waals surface area contributed by atoms with Crippen LogP contribution in [0.25, 0.3) is 0 Å². The van der Waals surface area contributed by atoms with Gasteiger partial charge in [0, 0.05) is 12.6 Å². The van der Waals surface area contributed by atoms with Gasteiger partial charge in [0.2, 0.25) is 0 Å². The van der Waals surface area contributed by atoms with Gasteiger partial charge < -0.3 is 19.1 Å². The number of amides is 1. The molecule has 1 amide bonds. The molecule has 0 bridgehead atoms. The second kappa shape index (κ2) is 9.81. The molecule has 1 atom stereocenters. The number of rotatable bonds is 8. The highest BCUT2D eigenvalue weighted by atomic mass is 32.2. The molecule has 0 saturated carbocycles. The number of nitrogens with zero attached hydrogens (tertiary/aromatic N) is 1. The van der Waals surface area contributed by atoms with Gasteiger partial charge in [-0.25, -0.2) is 8.42 Å². The minimum Gasteiger partial charge on any atom is -0.493 e. The van der Waals surface area contributed by atoms with Crippen LogP contribution in [0, 0.1) is 20.8 Å². The van der Waals surface area contributed by atoms with E-state index in [4.69, 9.17) is 14.2 Å². The summed E-state index contributed by atoms with van der Waals surface area (Å²) < 4.78 is 40.8. The van der Waals surface area contributed by atoms with E-state index in [0.29, 0.717) is 23.7 Å². The van der Waals surface area contributed by atoms with Crippen LogP contribution in [-0.4, -0.2) is 57.6 Å². The van der Waals surface area contributed by atoms with Gasteiger partial charge in [0.1, 0.15) is 5.75 Å². The van der Waals surface area contributed by atoms with Crippen molar-refractivity contribution >= 4 is 15.7 Å². The number of benzene rings is 2. The van der Waals surface area contributed by atoms with Gasteiger partial charge in [-0.05, 0) is 56.0 Å². The lowest BCUT2D eigenvalue weighted by Gasteiger charge is -2.29. The van der Waals surface area contributed by atoms with Crippen molar-refractivity contribution in [2.75, 3.05) is 32.3 Å².